The summed E-state index contributed by atoms with van der Waals surface area (Å²) in [5, 5.41) is 0. The molecule has 2 aromatic rings. The largest absolute Gasteiger partial charge is 0.493 e. The number of nitrogens with zero attached hydrogens (tertiary/aromatic N) is 1. The van der Waals surface area contributed by atoms with Gasteiger partial charge >= 0.3 is 5.97 Å². The van der Waals surface area contributed by atoms with Crippen LogP contribution in [0.25, 0.3) is 11.1 Å². The van der Waals surface area contributed by atoms with Crippen molar-refractivity contribution < 1.29 is 14.3 Å². The van der Waals surface area contributed by atoms with Crippen molar-refractivity contribution in [2.75, 3.05) is 20.2 Å². The van der Waals surface area contributed by atoms with E-state index in [-0.39, 0.29) is 5.97 Å². The van der Waals surface area contributed by atoms with E-state index in [1.54, 1.807) is 7.11 Å². The van der Waals surface area contributed by atoms with Gasteiger partial charge in [0.15, 0.2) is 11.5 Å². The topological polar surface area (TPSA) is 38.8 Å². The number of fused-ring (bicyclic) bond motifs is 2. The zero-order valence-electron chi connectivity index (χ0n) is 17.1. The van der Waals surface area contributed by atoms with Gasteiger partial charge in [-0.3, -0.25) is 9.69 Å². The summed E-state index contributed by atoms with van der Waals surface area (Å²) >= 11 is 0. The Bertz CT molecular complexity index is 890. The number of ether oxygens (including phenoxy) is 2. The average Bonchev–Trinajstić information content (AvgIpc) is 2.70. The predicted molar refractivity (Wildman–Crippen MR) is 111 cm³/mol. The molecular formula is C24H29NO3. The molecule has 0 aromatic heterocycles. The molecule has 0 fully saturated rings. The second-order valence-corrected chi connectivity index (χ2v) is 7.74. The van der Waals surface area contributed by atoms with Gasteiger partial charge in [0, 0.05) is 24.6 Å². The fourth-order valence-corrected chi connectivity index (χ4v) is 4.74. The molecule has 28 heavy (non-hydrogen) atoms. The fraction of sp³-hybridized carbons (Fsp3) is 0.458. The van der Waals surface area contributed by atoms with Gasteiger partial charge in [0.25, 0.3) is 0 Å². The van der Waals surface area contributed by atoms with Crippen LogP contribution in [0.4, 0.5) is 0 Å². The van der Waals surface area contributed by atoms with Crippen molar-refractivity contribution in [3.63, 3.8) is 0 Å². The Balaban J connectivity index is 1.87. The second-order valence-electron chi connectivity index (χ2n) is 7.74. The molecule has 1 aliphatic heterocycles. The van der Waals surface area contributed by atoms with Crippen molar-refractivity contribution in [2.45, 2.75) is 52.0 Å². The number of carbonyl (C=O) groups is 1. The lowest BCUT2D eigenvalue weighted by atomic mass is 9.76. The lowest BCUT2D eigenvalue weighted by Crippen LogP contribution is -2.38. The number of hydrogen-bond donors (Lipinski definition) is 0. The Kier molecular flexibility index (Phi) is 5.40. The number of carbonyl (C=O) groups excluding carboxylic acids is 1. The number of benzene rings is 2. The van der Waals surface area contributed by atoms with Crippen LogP contribution in [0.2, 0.25) is 0 Å². The Morgan fingerprint density at radius 1 is 1.14 bits per heavy atom. The van der Waals surface area contributed by atoms with E-state index < -0.39 is 0 Å². The fourth-order valence-electron chi connectivity index (χ4n) is 4.74. The van der Waals surface area contributed by atoms with Gasteiger partial charge < -0.3 is 9.47 Å². The molecule has 148 valence electrons. The standard InChI is InChI=1S/C24H29NO3/c1-4-7-21(26)28-24-20(27-3)11-10-17-15-19-22-16(12-14-25(19)13-5-2)8-6-9-18(22)23(17)24/h6,8-11,19H,4-5,7,12-15H2,1-3H3. The van der Waals surface area contributed by atoms with Crippen LogP contribution in [0.1, 0.15) is 55.8 Å². The minimum atomic E-state index is -0.200. The molecule has 0 spiro atoms. The highest BCUT2D eigenvalue weighted by atomic mass is 16.6. The highest BCUT2D eigenvalue weighted by Crippen LogP contribution is 2.51. The third-order valence-corrected chi connectivity index (χ3v) is 5.93. The highest BCUT2D eigenvalue weighted by Gasteiger charge is 2.36. The van der Waals surface area contributed by atoms with Gasteiger partial charge in [-0.05, 0) is 60.5 Å². The summed E-state index contributed by atoms with van der Waals surface area (Å²) in [5.74, 6) is 1.01. The number of hydrogen-bond acceptors (Lipinski definition) is 4. The smallest absolute Gasteiger partial charge is 0.311 e. The average molecular weight is 380 g/mol. The van der Waals surface area contributed by atoms with E-state index in [0.717, 1.165) is 44.3 Å². The third kappa shape index (κ3) is 3.20. The van der Waals surface area contributed by atoms with Gasteiger partial charge in [-0.15, -0.1) is 0 Å². The van der Waals surface area contributed by atoms with Crippen LogP contribution in [-0.4, -0.2) is 31.1 Å². The molecule has 0 bridgehead atoms. The molecule has 0 saturated heterocycles. The third-order valence-electron chi connectivity index (χ3n) is 5.93. The van der Waals surface area contributed by atoms with Crippen LogP contribution >= 0.6 is 0 Å². The van der Waals surface area contributed by atoms with Gasteiger partial charge in [0.05, 0.1) is 7.11 Å². The summed E-state index contributed by atoms with van der Waals surface area (Å²) in [5.41, 5.74) is 6.31. The van der Waals surface area contributed by atoms with Gasteiger partial charge in [0.1, 0.15) is 0 Å². The molecular weight excluding hydrogens is 350 g/mol. The van der Waals surface area contributed by atoms with E-state index >= 15 is 0 Å². The van der Waals surface area contributed by atoms with Crippen LogP contribution in [-0.2, 0) is 17.6 Å². The summed E-state index contributed by atoms with van der Waals surface area (Å²) in [6.07, 6.45) is 4.35. The van der Waals surface area contributed by atoms with E-state index in [9.17, 15) is 4.79 Å². The molecule has 4 heteroatoms. The maximum Gasteiger partial charge on any atom is 0.311 e. The molecule has 0 radical (unpaired) electrons. The Labute approximate surface area is 167 Å². The van der Waals surface area contributed by atoms with Crippen molar-refractivity contribution in [1.82, 2.24) is 4.90 Å². The first-order valence-corrected chi connectivity index (χ1v) is 10.4. The number of methoxy groups -OCH3 is 1. The molecule has 4 rings (SSSR count). The molecule has 0 amide bonds. The molecule has 1 atom stereocenters. The van der Waals surface area contributed by atoms with Crippen LogP contribution in [0.3, 0.4) is 0 Å². The summed E-state index contributed by atoms with van der Waals surface area (Å²) in [6.45, 7) is 6.45. The van der Waals surface area contributed by atoms with Gasteiger partial charge in [-0.25, -0.2) is 0 Å². The molecule has 0 N–H and O–H groups in total. The summed E-state index contributed by atoms with van der Waals surface area (Å²) in [6, 6.07) is 11.0. The quantitative estimate of drug-likeness (QED) is 0.527. The highest BCUT2D eigenvalue weighted by molar-refractivity contribution is 5.86. The zero-order valence-corrected chi connectivity index (χ0v) is 17.1. The molecule has 1 heterocycles. The number of esters is 1. The predicted octanol–water partition coefficient (Wildman–Crippen LogP) is 4.93. The second kappa shape index (κ2) is 7.96. The van der Waals surface area contributed by atoms with Crippen molar-refractivity contribution in [1.29, 1.82) is 0 Å². The van der Waals surface area contributed by atoms with E-state index in [1.807, 2.05) is 13.0 Å². The van der Waals surface area contributed by atoms with E-state index in [2.05, 4.69) is 36.1 Å². The maximum absolute atomic E-state index is 12.3. The van der Waals surface area contributed by atoms with Crippen molar-refractivity contribution in [2.24, 2.45) is 0 Å². The molecule has 1 aliphatic carbocycles. The summed E-state index contributed by atoms with van der Waals surface area (Å²) in [7, 11) is 1.63. The van der Waals surface area contributed by atoms with E-state index in [1.165, 1.54) is 22.3 Å². The van der Waals surface area contributed by atoms with E-state index in [4.69, 9.17) is 9.47 Å². The summed E-state index contributed by atoms with van der Waals surface area (Å²) < 4.78 is 11.4. The maximum atomic E-state index is 12.3. The normalized spacial score (nSPS) is 17.6. The Morgan fingerprint density at radius 3 is 2.75 bits per heavy atom. The van der Waals surface area contributed by atoms with Gasteiger partial charge in [0.2, 0.25) is 0 Å². The SMILES string of the molecule is CCCC(=O)Oc1c(OC)ccc2c1-c1cccc3c1C(C2)N(CCC)CC3. The minimum absolute atomic E-state index is 0.200. The van der Waals surface area contributed by atoms with Crippen LogP contribution in [0, 0.1) is 0 Å². The van der Waals surface area contributed by atoms with Crippen LogP contribution < -0.4 is 9.47 Å². The summed E-state index contributed by atoms with van der Waals surface area (Å²) in [4.78, 5) is 14.9. The molecule has 0 saturated carbocycles. The van der Waals surface area contributed by atoms with Gasteiger partial charge in [-0.2, -0.15) is 0 Å². The molecule has 4 nitrogen and oxygen atoms in total. The monoisotopic (exact) mass is 379 g/mol. The zero-order chi connectivity index (χ0) is 19.7. The Morgan fingerprint density at radius 2 is 2.00 bits per heavy atom. The molecule has 2 aliphatic rings. The molecule has 1 unspecified atom stereocenters. The number of rotatable bonds is 6. The lowest BCUT2D eigenvalue weighted by Gasteiger charge is -2.42. The van der Waals surface area contributed by atoms with Crippen molar-refractivity contribution >= 4 is 5.97 Å². The lowest BCUT2D eigenvalue weighted by molar-refractivity contribution is -0.134. The molecule has 2 aromatic carbocycles. The first kappa shape index (κ1) is 19.0. The Hall–Kier alpha value is -2.33. The van der Waals surface area contributed by atoms with Crippen LogP contribution in [0.5, 0.6) is 11.5 Å². The van der Waals surface area contributed by atoms with Crippen molar-refractivity contribution in [3.8, 4) is 22.6 Å². The van der Waals surface area contributed by atoms with Gasteiger partial charge in [-0.1, -0.05) is 38.1 Å². The first-order valence-electron chi connectivity index (χ1n) is 10.4. The van der Waals surface area contributed by atoms with Crippen molar-refractivity contribution in [3.05, 3.63) is 47.0 Å². The van der Waals surface area contributed by atoms with E-state index in [0.29, 0.717) is 24.0 Å². The minimum Gasteiger partial charge on any atom is -0.493 e. The first-order chi connectivity index (χ1) is 13.7. The van der Waals surface area contributed by atoms with Crippen LogP contribution in [0.15, 0.2) is 30.3 Å².